The molecule has 17 rings (SSSR count). The highest BCUT2D eigenvalue weighted by Gasteiger charge is 2.73. The van der Waals surface area contributed by atoms with Crippen molar-refractivity contribution in [3.05, 3.63) is 106 Å². The van der Waals surface area contributed by atoms with Crippen LogP contribution < -0.4 is 10.6 Å². The molecule has 2 N–H and O–H groups in total. The number of piperidine rings is 5. The van der Waals surface area contributed by atoms with Crippen LogP contribution >= 0.6 is 0 Å². The van der Waals surface area contributed by atoms with Crippen LogP contribution in [-0.4, -0.2) is 157 Å². The second-order valence-electron chi connectivity index (χ2n) is 31.0. The lowest BCUT2D eigenvalue weighted by atomic mass is 9.64. The van der Waals surface area contributed by atoms with Crippen LogP contribution in [0.3, 0.4) is 0 Å². The quantitative estimate of drug-likeness (QED) is 0.189. The molecule has 14 nitrogen and oxygen atoms in total. The zero-order valence-electron chi connectivity index (χ0n) is 55.0. The molecule has 14 heteroatoms. The topological polar surface area (TPSA) is 136 Å². The van der Waals surface area contributed by atoms with Gasteiger partial charge in [0.15, 0.2) is 0 Å². The Kier molecular flexibility index (Phi) is 18.3. The van der Waals surface area contributed by atoms with E-state index < -0.39 is 0 Å². The predicted molar refractivity (Wildman–Crippen MR) is 355 cm³/mol. The molecule has 5 unspecified atom stereocenters. The molecule has 11 fully saturated rings. The first-order valence-electron chi connectivity index (χ1n) is 36.3. The smallest absolute Gasteiger partial charge is 0.411 e. The summed E-state index contributed by atoms with van der Waals surface area (Å²) < 4.78 is 16.5. The van der Waals surface area contributed by atoms with E-state index in [-0.39, 0.29) is 61.4 Å². The van der Waals surface area contributed by atoms with Crippen molar-refractivity contribution in [2.45, 2.75) is 227 Å². The summed E-state index contributed by atoms with van der Waals surface area (Å²) in [5.41, 5.74) is 9.96. The van der Waals surface area contributed by atoms with E-state index in [4.69, 9.17) is 14.2 Å². The van der Waals surface area contributed by atoms with Gasteiger partial charge in [-0.1, -0.05) is 92.6 Å². The molecule has 6 aliphatic heterocycles. The molecule has 0 radical (unpaired) electrons. The molecular formula is C76H111N7O7. The molecule has 2 bridgehead atoms. The summed E-state index contributed by atoms with van der Waals surface area (Å²) in [7, 11) is 0. The van der Waals surface area contributed by atoms with E-state index in [0.717, 1.165) is 108 Å². The maximum atomic E-state index is 12.9. The predicted octanol–water partition coefficient (Wildman–Crippen LogP) is 13.1. The first kappa shape index (κ1) is 62.4. The Labute approximate surface area is 541 Å². The second-order valence-corrected chi connectivity index (χ2v) is 31.0. The summed E-state index contributed by atoms with van der Waals surface area (Å²) >= 11 is 0. The minimum absolute atomic E-state index is 0. The third-order valence-electron chi connectivity index (χ3n) is 26.2. The SMILES string of the molecule is CC(=O)N[C@H]1CC2(CCN(CC3CC4CCC3CC4)CC2)c2ccccc21.CCCOC(=O)N1CCC(CN2CCC3(CC2)C[C@H](NC(C)=O)c2ccccc23)CC1.O=C(O[C@@H]1CCOC1)N1C2CCC3CC(N4CCC5(CCc6ccccc65)CC4)CCC321.[HH].[HH]. The Bertz CT molecular complexity index is 3030. The van der Waals surface area contributed by atoms with E-state index in [0.29, 0.717) is 42.5 Å². The maximum absolute atomic E-state index is 12.9. The number of likely N-dealkylation sites (tertiary alicyclic amines) is 5. The fourth-order valence-electron chi connectivity index (χ4n) is 21.4. The molecule has 3 aromatic rings. The number of hydrogen-bond donors (Lipinski definition) is 2. The molecular weight excluding hydrogens is 1120 g/mol. The summed E-state index contributed by atoms with van der Waals surface area (Å²) in [6.45, 7) is 18.4. The maximum Gasteiger partial charge on any atom is 0.411 e. The number of ether oxygens (including phenoxy) is 3. The van der Waals surface area contributed by atoms with Crippen molar-refractivity contribution in [2.24, 2.45) is 29.6 Å². The molecule has 0 aromatic heterocycles. The van der Waals surface area contributed by atoms with Gasteiger partial charge >= 0.3 is 12.2 Å². The van der Waals surface area contributed by atoms with Gasteiger partial charge in [0, 0.05) is 66.2 Å². The third kappa shape index (κ3) is 12.4. The van der Waals surface area contributed by atoms with Crippen LogP contribution in [0, 0.1) is 29.6 Å². The van der Waals surface area contributed by atoms with E-state index in [1.807, 2.05) is 11.8 Å². The Morgan fingerprint density at radius 1 is 0.600 bits per heavy atom. The van der Waals surface area contributed by atoms with Crippen LogP contribution in [0.1, 0.15) is 217 Å². The van der Waals surface area contributed by atoms with Gasteiger partial charge in [-0.15, -0.1) is 0 Å². The Balaban J connectivity index is 0.000000132. The first-order chi connectivity index (χ1) is 43.8. The zero-order valence-corrected chi connectivity index (χ0v) is 55.0. The van der Waals surface area contributed by atoms with Crippen LogP contribution in [0.4, 0.5) is 9.59 Å². The normalized spacial score (nSPS) is 32.5. The van der Waals surface area contributed by atoms with Crippen LogP contribution in [0.25, 0.3) is 0 Å². The lowest BCUT2D eigenvalue weighted by Gasteiger charge is -2.46. The van der Waals surface area contributed by atoms with Crippen molar-refractivity contribution < 1.29 is 36.2 Å². The van der Waals surface area contributed by atoms with Crippen molar-refractivity contribution >= 4 is 24.0 Å². The number of aryl methyl sites for hydroxylation is 1. The Hall–Kier alpha value is -5.02. The summed E-state index contributed by atoms with van der Waals surface area (Å²) in [5.74, 6) is 4.50. The molecule has 4 amide bonds. The van der Waals surface area contributed by atoms with E-state index in [2.05, 4.69) is 103 Å². The fourth-order valence-corrected chi connectivity index (χ4v) is 21.4. The third-order valence-corrected chi connectivity index (χ3v) is 26.2. The number of carbonyl (C=O) groups is 4. The Morgan fingerprint density at radius 3 is 1.79 bits per heavy atom. The molecule has 5 saturated carbocycles. The lowest BCUT2D eigenvalue weighted by molar-refractivity contribution is -0.120. The van der Waals surface area contributed by atoms with Crippen molar-refractivity contribution in [1.29, 1.82) is 0 Å². The van der Waals surface area contributed by atoms with E-state index in [1.54, 1.807) is 25.0 Å². The first-order valence-corrected chi connectivity index (χ1v) is 36.3. The van der Waals surface area contributed by atoms with Crippen LogP contribution in [-0.2, 0) is 46.5 Å². The summed E-state index contributed by atoms with van der Waals surface area (Å²) in [6, 6.07) is 28.3. The molecule has 3 aromatic carbocycles. The van der Waals surface area contributed by atoms with Crippen LogP contribution in [0.5, 0.6) is 0 Å². The number of nitrogens with zero attached hydrogens (tertiary/aromatic N) is 5. The van der Waals surface area contributed by atoms with Crippen LogP contribution in [0.2, 0.25) is 0 Å². The molecule has 14 aliphatic rings. The number of fused-ring (bicyclic) bond motifs is 9. The zero-order chi connectivity index (χ0) is 61.6. The molecule has 6 heterocycles. The number of amides is 4. The van der Waals surface area contributed by atoms with Gasteiger partial charge in [-0.25, -0.2) is 9.59 Å². The summed E-state index contributed by atoms with van der Waals surface area (Å²) in [6.07, 6.45) is 29.5. The summed E-state index contributed by atoms with van der Waals surface area (Å²) in [4.78, 5) is 60.6. The molecule has 6 saturated heterocycles. The number of benzene rings is 3. The second kappa shape index (κ2) is 26.4. The fraction of sp³-hybridized carbons (Fsp3) is 0.711. The monoisotopic (exact) mass is 1230 g/mol. The minimum atomic E-state index is -0.145. The van der Waals surface area contributed by atoms with Gasteiger partial charge in [-0.2, -0.15) is 0 Å². The highest BCUT2D eigenvalue weighted by molar-refractivity contribution is 5.75. The number of rotatable bonds is 10. The van der Waals surface area contributed by atoms with Gasteiger partial charge in [-0.05, 0) is 242 Å². The minimum Gasteiger partial charge on any atom is -0.449 e. The van der Waals surface area contributed by atoms with Crippen molar-refractivity contribution in [3.63, 3.8) is 0 Å². The van der Waals surface area contributed by atoms with Gasteiger partial charge in [0.05, 0.1) is 43.5 Å². The van der Waals surface area contributed by atoms with Crippen molar-refractivity contribution in [3.8, 4) is 0 Å². The van der Waals surface area contributed by atoms with E-state index in [1.165, 1.54) is 158 Å². The molecule has 8 atom stereocenters. The average Bonchev–Trinajstić information content (AvgIpc) is 1.51. The van der Waals surface area contributed by atoms with Gasteiger partial charge in [0.1, 0.15) is 6.10 Å². The number of carbonyl (C=O) groups excluding carboxylic acids is 4. The molecule has 492 valence electrons. The Morgan fingerprint density at radius 2 is 1.20 bits per heavy atom. The number of hydrogen-bond acceptors (Lipinski definition) is 10. The van der Waals surface area contributed by atoms with Crippen LogP contribution in [0.15, 0.2) is 72.8 Å². The molecule has 4 spiro atoms. The largest absolute Gasteiger partial charge is 0.449 e. The van der Waals surface area contributed by atoms with Gasteiger partial charge in [0.2, 0.25) is 11.8 Å². The average molecular weight is 1230 g/mol. The highest BCUT2D eigenvalue weighted by atomic mass is 16.6. The van der Waals surface area contributed by atoms with Gasteiger partial charge in [0.25, 0.3) is 0 Å². The van der Waals surface area contributed by atoms with Crippen molar-refractivity contribution in [2.75, 3.05) is 85.3 Å². The summed E-state index contributed by atoms with van der Waals surface area (Å²) in [5, 5.41) is 6.39. The highest BCUT2D eigenvalue weighted by Crippen LogP contribution is 2.64. The molecule has 8 aliphatic carbocycles. The number of nitrogens with one attached hydrogen (secondary N) is 2. The van der Waals surface area contributed by atoms with Crippen molar-refractivity contribution in [1.82, 2.24) is 35.1 Å². The van der Waals surface area contributed by atoms with E-state index in [9.17, 15) is 19.2 Å². The van der Waals surface area contributed by atoms with E-state index >= 15 is 0 Å². The van der Waals surface area contributed by atoms with Gasteiger partial charge in [-0.3, -0.25) is 14.5 Å². The standard InChI is InChI=1S/C27H36N2O3.C25H37N3O3.C24H34N2O.2H2/c30-25(32-22-9-16-31-18-22)29-24-6-5-20-17-21(8-11-27(20,24)29)28-14-12-26(13-15-28)10-7-19-3-1-2-4-23(19)26;1-3-16-31-24(30)28-12-8-20(9-13-28)18-27-14-10-25(11-15-27)17-23(26-19(2)29)21-6-4-5-7-22(21)25;1-17(27)25-23-15-24(22-5-3-2-4-21(22)23)10-12-26(13-11-24)16-20-14-18-6-8-19(20)9-7-18;;/h1-4,20-22,24H,5-18H2;4-7,20,23H,3,8-18H2,1-2H3,(H,26,29);2-5,18-20,23H,6-16H2,1H3,(H,25,27);2*1H/t20?,21?,22-,24?,27?,29?;23-;18?,19?,20?,23-;;/m100../s1. The molecule has 90 heavy (non-hydrogen) atoms. The lowest BCUT2D eigenvalue weighted by Crippen LogP contribution is -2.50. The van der Waals surface area contributed by atoms with Gasteiger partial charge < -0.3 is 44.4 Å².